The topological polar surface area (TPSA) is 57.8 Å². The summed E-state index contributed by atoms with van der Waals surface area (Å²) in [5, 5.41) is 5.07. The zero-order valence-electron chi connectivity index (χ0n) is 9.55. The molecule has 0 unspecified atom stereocenters. The standard InChI is InChI=1S/C14H11N3O/c18-14(13-8-15-9-16-13)17-12-6-5-10-3-1-2-4-11(10)7-12/h1-9H,(H,15,16)(H,17,18). The Kier molecular flexibility index (Phi) is 2.53. The Morgan fingerprint density at radius 3 is 2.72 bits per heavy atom. The van der Waals surface area contributed by atoms with Gasteiger partial charge < -0.3 is 10.3 Å². The first-order chi connectivity index (χ1) is 8.83. The highest BCUT2D eigenvalue weighted by atomic mass is 16.1. The Labute approximate surface area is 104 Å². The lowest BCUT2D eigenvalue weighted by molar-refractivity contribution is 0.102. The predicted octanol–water partition coefficient (Wildman–Crippen LogP) is 2.82. The van der Waals surface area contributed by atoms with E-state index in [0.29, 0.717) is 5.69 Å². The van der Waals surface area contributed by atoms with Crippen LogP contribution in [0.4, 0.5) is 5.69 Å². The summed E-state index contributed by atoms with van der Waals surface area (Å²) in [6, 6.07) is 13.8. The van der Waals surface area contributed by atoms with Crippen LogP contribution in [-0.2, 0) is 0 Å². The van der Waals surface area contributed by atoms with E-state index in [-0.39, 0.29) is 5.91 Å². The number of hydrogen-bond donors (Lipinski definition) is 2. The monoisotopic (exact) mass is 237 g/mol. The van der Waals surface area contributed by atoms with Gasteiger partial charge in [0, 0.05) is 5.69 Å². The van der Waals surface area contributed by atoms with Crippen LogP contribution in [-0.4, -0.2) is 15.9 Å². The number of nitrogens with one attached hydrogen (secondary N) is 2. The number of carbonyl (C=O) groups is 1. The third kappa shape index (κ3) is 1.96. The Bertz CT molecular complexity index is 689. The van der Waals surface area contributed by atoms with Crippen molar-refractivity contribution in [1.29, 1.82) is 0 Å². The molecule has 0 aliphatic rings. The van der Waals surface area contributed by atoms with Crippen LogP contribution in [0.25, 0.3) is 10.8 Å². The lowest BCUT2D eigenvalue weighted by Crippen LogP contribution is -2.12. The maximum Gasteiger partial charge on any atom is 0.273 e. The highest BCUT2D eigenvalue weighted by molar-refractivity contribution is 6.03. The van der Waals surface area contributed by atoms with Crippen molar-refractivity contribution in [2.45, 2.75) is 0 Å². The minimum absolute atomic E-state index is 0.192. The normalized spacial score (nSPS) is 10.4. The van der Waals surface area contributed by atoms with Crippen molar-refractivity contribution in [3.8, 4) is 0 Å². The molecule has 3 rings (SSSR count). The van der Waals surface area contributed by atoms with Gasteiger partial charge in [0.25, 0.3) is 5.91 Å². The summed E-state index contributed by atoms with van der Waals surface area (Å²) >= 11 is 0. The van der Waals surface area contributed by atoms with Crippen molar-refractivity contribution >= 4 is 22.4 Å². The van der Waals surface area contributed by atoms with Gasteiger partial charge >= 0.3 is 0 Å². The van der Waals surface area contributed by atoms with Gasteiger partial charge in [-0.15, -0.1) is 0 Å². The molecule has 0 bridgehead atoms. The van der Waals surface area contributed by atoms with Crippen molar-refractivity contribution in [1.82, 2.24) is 9.97 Å². The number of fused-ring (bicyclic) bond motifs is 1. The van der Waals surface area contributed by atoms with E-state index in [1.807, 2.05) is 42.5 Å². The van der Waals surface area contributed by atoms with Gasteiger partial charge in [-0.1, -0.05) is 30.3 Å². The molecule has 18 heavy (non-hydrogen) atoms. The molecule has 4 nitrogen and oxygen atoms in total. The summed E-state index contributed by atoms with van der Waals surface area (Å²) in [5.41, 5.74) is 1.22. The second-order valence-corrected chi connectivity index (χ2v) is 3.98. The van der Waals surface area contributed by atoms with Crippen LogP contribution >= 0.6 is 0 Å². The fourth-order valence-corrected chi connectivity index (χ4v) is 1.85. The largest absolute Gasteiger partial charge is 0.341 e. The average Bonchev–Trinajstić information content (AvgIpc) is 2.92. The number of carbonyl (C=O) groups excluding carboxylic acids is 1. The predicted molar refractivity (Wildman–Crippen MR) is 70.5 cm³/mol. The first-order valence-electron chi connectivity index (χ1n) is 5.61. The summed E-state index contributed by atoms with van der Waals surface area (Å²) in [5.74, 6) is -0.192. The van der Waals surface area contributed by atoms with Gasteiger partial charge in [0.1, 0.15) is 5.69 Å². The first kappa shape index (κ1) is 10.5. The van der Waals surface area contributed by atoms with Crippen molar-refractivity contribution in [3.05, 3.63) is 60.7 Å². The minimum Gasteiger partial charge on any atom is -0.341 e. The highest BCUT2D eigenvalue weighted by Crippen LogP contribution is 2.19. The number of H-pyrrole nitrogens is 1. The molecule has 0 spiro atoms. The fourth-order valence-electron chi connectivity index (χ4n) is 1.85. The first-order valence-corrected chi connectivity index (χ1v) is 5.61. The Morgan fingerprint density at radius 1 is 1.11 bits per heavy atom. The number of hydrogen-bond acceptors (Lipinski definition) is 2. The van der Waals surface area contributed by atoms with Crippen LogP contribution < -0.4 is 5.32 Å². The summed E-state index contributed by atoms with van der Waals surface area (Å²) in [6.07, 6.45) is 2.98. The van der Waals surface area contributed by atoms with Crippen molar-refractivity contribution in [3.63, 3.8) is 0 Å². The summed E-state index contributed by atoms with van der Waals surface area (Å²) in [7, 11) is 0. The molecule has 0 saturated carbocycles. The van der Waals surface area contributed by atoms with Crippen LogP contribution in [0, 0.1) is 0 Å². The molecule has 1 aromatic heterocycles. The Balaban J connectivity index is 1.89. The number of benzene rings is 2. The number of imidazole rings is 1. The number of nitrogens with zero attached hydrogens (tertiary/aromatic N) is 1. The summed E-state index contributed by atoms with van der Waals surface area (Å²) in [4.78, 5) is 18.4. The quantitative estimate of drug-likeness (QED) is 0.720. The van der Waals surface area contributed by atoms with Crippen LogP contribution in [0.1, 0.15) is 10.5 Å². The van der Waals surface area contributed by atoms with E-state index >= 15 is 0 Å². The van der Waals surface area contributed by atoms with Crippen LogP contribution in [0.15, 0.2) is 55.0 Å². The highest BCUT2D eigenvalue weighted by Gasteiger charge is 2.06. The van der Waals surface area contributed by atoms with Gasteiger partial charge in [0.15, 0.2) is 0 Å². The van der Waals surface area contributed by atoms with Crippen LogP contribution in [0.5, 0.6) is 0 Å². The third-order valence-electron chi connectivity index (χ3n) is 2.75. The Hall–Kier alpha value is -2.62. The molecular weight excluding hydrogens is 226 g/mol. The van der Waals surface area contributed by atoms with Gasteiger partial charge in [-0.25, -0.2) is 4.98 Å². The zero-order valence-corrected chi connectivity index (χ0v) is 9.55. The van der Waals surface area contributed by atoms with Gasteiger partial charge in [-0.3, -0.25) is 4.79 Å². The second kappa shape index (κ2) is 4.33. The maximum absolute atomic E-state index is 11.8. The molecule has 3 aromatic rings. The van der Waals surface area contributed by atoms with E-state index in [1.165, 1.54) is 12.5 Å². The lowest BCUT2D eigenvalue weighted by Gasteiger charge is -2.05. The smallest absolute Gasteiger partial charge is 0.273 e. The maximum atomic E-state index is 11.8. The molecule has 0 fully saturated rings. The summed E-state index contributed by atoms with van der Waals surface area (Å²) < 4.78 is 0. The second-order valence-electron chi connectivity index (χ2n) is 3.98. The molecule has 2 N–H and O–H groups in total. The SMILES string of the molecule is O=C(Nc1ccc2ccccc2c1)c1cnc[nH]1. The molecule has 88 valence electrons. The van der Waals surface area contributed by atoms with Gasteiger partial charge in [-0.05, 0) is 22.9 Å². The van der Waals surface area contributed by atoms with E-state index in [4.69, 9.17) is 0 Å². The molecule has 0 radical (unpaired) electrons. The van der Waals surface area contributed by atoms with Crippen LogP contribution in [0.2, 0.25) is 0 Å². The summed E-state index contributed by atoms with van der Waals surface area (Å²) in [6.45, 7) is 0. The Morgan fingerprint density at radius 2 is 1.94 bits per heavy atom. The molecular formula is C14H11N3O. The molecule has 0 atom stereocenters. The van der Waals surface area contributed by atoms with Gasteiger partial charge in [0.05, 0.1) is 12.5 Å². The molecule has 0 saturated heterocycles. The number of aromatic amines is 1. The zero-order chi connectivity index (χ0) is 12.4. The minimum atomic E-state index is -0.192. The van der Waals surface area contributed by atoms with E-state index in [9.17, 15) is 4.79 Å². The third-order valence-corrected chi connectivity index (χ3v) is 2.75. The molecule has 2 aromatic carbocycles. The average molecular weight is 237 g/mol. The fraction of sp³-hybridized carbons (Fsp3) is 0. The van der Waals surface area contributed by atoms with E-state index < -0.39 is 0 Å². The number of aromatic nitrogens is 2. The molecule has 1 amide bonds. The van der Waals surface area contributed by atoms with E-state index in [1.54, 1.807) is 0 Å². The number of anilines is 1. The van der Waals surface area contributed by atoms with E-state index in [0.717, 1.165) is 16.5 Å². The molecule has 0 aliphatic carbocycles. The molecule has 4 heteroatoms. The number of rotatable bonds is 2. The lowest BCUT2D eigenvalue weighted by atomic mass is 10.1. The van der Waals surface area contributed by atoms with Gasteiger partial charge in [-0.2, -0.15) is 0 Å². The van der Waals surface area contributed by atoms with Crippen LogP contribution in [0.3, 0.4) is 0 Å². The van der Waals surface area contributed by atoms with E-state index in [2.05, 4.69) is 15.3 Å². The van der Waals surface area contributed by atoms with Crippen molar-refractivity contribution in [2.24, 2.45) is 0 Å². The van der Waals surface area contributed by atoms with Crippen molar-refractivity contribution in [2.75, 3.05) is 5.32 Å². The van der Waals surface area contributed by atoms with Gasteiger partial charge in [0.2, 0.25) is 0 Å². The number of amides is 1. The van der Waals surface area contributed by atoms with Crippen molar-refractivity contribution < 1.29 is 4.79 Å². The molecule has 0 aliphatic heterocycles. The molecule has 1 heterocycles.